The lowest BCUT2D eigenvalue weighted by Gasteiger charge is -2.40. The smallest absolute Gasteiger partial charge is 0.191 e. The van der Waals surface area contributed by atoms with Crippen LogP contribution in [0.3, 0.4) is 0 Å². The Labute approximate surface area is 172 Å². The third-order valence-electron chi connectivity index (χ3n) is 5.84. The Hall–Kier alpha value is -0.0800. The van der Waals surface area contributed by atoms with E-state index >= 15 is 0 Å². The third-order valence-corrected chi connectivity index (χ3v) is 5.84. The van der Waals surface area contributed by atoms with E-state index in [-0.39, 0.29) is 24.0 Å². The molecule has 0 radical (unpaired) electrons. The van der Waals surface area contributed by atoms with Crippen molar-refractivity contribution in [2.24, 2.45) is 16.8 Å². The van der Waals surface area contributed by atoms with Gasteiger partial charge in [-0.15, -0.1) is 24.0 Å². The summed E-state index contributed by atoms with van der Waals surface area (Å²) in [7, 11) is 4.11. The molecule has 1 heterocycles. The number of aliphatic imine (C=N–C) groups is 1. The number of guanidine groups is 1. The number of halogens is 1. The number of rotatable bonds is 5. The first-order valence-corrected chi connectivity index (χ1v) is 9.89. The number of hydrogen-bond acceptors (Lipinski definition) is 3. The molecule has 2 N–H and O–H groups in total. The number of hydrogen-bond donors (Lipinski definition) is 2. The molecule has 2 fully saturated rings. The average molecular weight is 465 g/mol. The largest absolute Gasteiger partial charge is 0.355 e. The van der Waals surface area contributed by atoms with Gasteiger partial charge in [0.15, 0.2) is 5.96 Å². The highest BCUT2D eigenvalue weighted by atomic mass is 127. The molecular formula is C19H40IN5. The topological polar surface area (TPSA) is 42.9 Å². The molecule has 1 atom stereocenters. The van der Waals surface area contributed by atoms with E-state index in [1.807, 2.05) is 7.05 Å². The summed E-state index contributed by atoms with van der Waals surface area (Å²) in [6.07, 6.45) is 5.22. The molecular weight excluding hydrogens is 425 g/mol. The normalized spacial score (nSPS) is 27.7. The van der Waals surface area contributed by atoms with E-state index in [4.69, 9.17) is 0 Å². The van der Waals surface area contributed by atoms with E-state index in [0.29, 0.717) is 18.0 Å². The molecule has 1 aliphatic heterocycles. The van der Waals surface area contributed by atoms with Crippen LogP contribution in [-0.4, -0.2) is 74.7 Å². The Morgan fingerprint density at radius 3 is 2.20 bits per heavy atom. The Bertz CT molecular complexity index is 385. The maximum Gasteiger partial charge on any atom is 0.191 e. The minimum atomic E-state index is 0. The van der Waals surface area contributed by atoms with Crippen LogP contribution in [0, 0.1) is 11.8 Å². The molecule has 0 bridgehead atoms. The average Bonchev–Trinajstić information content (AvgIpc) is 2.57. The van der Waals surface area contributed by atoms with E-state index in [1.165, 1.54) is 51.9 Å². The first-order valence-electron chi connectivity index (χ1n) is 9.89. The van der Waals surface area contributed by atoms with Gasteiger partial charge >= 0.3 is 0 Å². The molecule has 0 aromatic rings. The fourth-order valence-corrected chi connectivity index (χ4v) is 3.93. The second-order valence-electron chi connectivity index (χ2n) is 8.20. The van der Waals surface area contributed by atoms with Crippen LogP contribution in [0.5, 0.6) is 0 Å². The van der Waals surface area contributed by atoms with Crippen molar-refractivity contribution >= 4 is 29.9 Å². The third kappa shape index (κ3) is 7.59. The summed E-state index contributed by atoms with van der Waals surface area (Å²) in [5.41, 5.74) is 0. The van der Waals surface area contributed by atoms with Crippen molar-refractivity contribution < 1.29 is 0 Å². The van der Waals surface area contributed by atoms with Gasteiger partial charge in [-0.1, -0.05) is 20.8 Å². The van der Waals surface area contributed by atoms with Gasteiger partial charge in [-0.05, 0) is 44.6 Å². The van der Waals surface area contributed by atoms with Crippen LogP contribution in [0.15, 0.2) is 4.99 Å². The van der Waals surface area contributed by atoms with Crippen molar-refractivity contribution in [1.82, 2.24) is 20.4 Å². The molecule has 2 aliphatic rings. The molecule has 0 aromatic carbocycles. The van der Waals surface area contributed by atoms with E-state index < -0.39 is 0 Å². The molecule has 1 saturated heterocycles. The van der Waals surface area contributed by atoms with E-state index in [0.717, 1.165) is 18.4 Å². The zero-order chi connectivity index (χ0) is 17.5. The summed E-state index contributed by atoms with van der Waals surface area (Å²) in [6, 6.07) is 1.16. The SMILES string of the molecule is CN=C(NCC(C(C)C)N1CCN(C)CC1)NC1CCC(C)CC1.I. The molecule has 1 aliphatic carbocycles. The maximum atomic E-state index is 4.46. The van der Waals surface area contributed by atoms with Gasteiger partial charge in [0.2, 0.25) is 0 Å². The van der Waals surface area contributed by atoms with Gasteiger partial charge in [0.1, 0.15) is 0 Å². The lowest BCUT2D eigenvalue weighted by molar-refractivity contribution is 0.0899. The summed E-state index contributed by atoms with van der Waals surface area (Å²) in [6.45, 7) is 12.7. The van der Waals surface area contributed by atoms with Crippen molar-refractivity contribution in [1.29, 1.82) is 0 Å². The van der Waals surface area contributed by atoms with Gasteiger partial charge in [-0.25, -0.2) is 0 Å². The lowest BCUT2D eigenvalue weighted by atomic mass is 9.87. The number of piperazine rings is 1. The highest BCUT2D eigenvalue weighted by Gasteiger charge is 2.25. The van der Waals surface area contributed by atoms with Crippen molar-refractivity contribution in [3.63, 3.8) is 0 Å². The van der Waals surface area contributed by atoms with Crippen molar-refractivity contribution in [2.45, 2.75) is 58.5 Å². The van der Waals surface area contributed by atoms with Gasteiger partial charge in [0, 0.05) is 51.9 Å². The number of nitrogens with zero attached hydrogens (tertiary/aromatic N) is 3. The van der Waals surface area contributed by atoms with Crippen LogP contribution < -0.4 is 10.6 Å². The predicted molar refractivity (Wildman–Crippen MR) is 119 cm³/mol. The Morgan fingerprint density at radius 2 is 1.68 bits per heavy atom. The lowest BCUT2D eigenvalue weighted by Crippen LogP contribution is -2.55. The molecule has 0 spiro atoms. The monoisotopic (exact) mass is 465 g/mol. The van der Waals surface area contributed by atoms with Gasteiger partial charge in [0.05, 0.1) is 0 Å². The summed E-state index contributed by atoms with van der Waals surface area (Å²) >= 11 is 0. The maximum absolute atomic E-state index is 4.46. The van der Waals surface area contributed by atoms with Gasteiger partial charge in [-0.3, -0.25) is 9.89 Å². The van der Waals surface area contributed by atoms with Crippen LogP contribution in [0.1, 0.15) is 46.5 Å². The standard InChI is InChI=1S/C19H39N5.HI/c1-15(2)18(24-12-10-23(5)11-13-24)14-21-19(20-4)22-17-8-6-16(3)7-9-17;/h15-18H,6-14H2,1-5H3,(H2,20,21,22);1H. The molecule has 25 heavy (non-hydrogen) atoms. The Morgan fingerprint density at radius 1 is 1.08 bits per heavy atom. The first-order chi connectivity index (χ1) is 11.5. The van der Waals surface area contributed by atoms with Crippen LogP contribution >= 0.6 is 24.0 Å². The fraction of sp³-hybridized carbons (Fsp3) is 0.947. The quantitative estimate of drug-likeness (QED) is 0.372. The van der Waals surface area contributed by atoms with Crippen LogP contribution in [-0.2, 0) is 0 Å². The summed E-state index contributed by atoms with van der Waals surface area (Å²) in [5, 5.41) is 7.24. The molecule has 1 unspecified atom stereocenters. The second kappa shape index (κ2) is 11.6. The van der Waals surface area contributed by atoms with Crippen LogP contribution in [0.25, 0.3) is 0 Å². The van der Waals surface area contributed by atoms with E-state index in [2.05, 4.69) is 53.2 Å². The van der Waals surface area contributed by atoms with E-state index in [9.17, 15) is 0 Å². The summed E-state index contributed by atoms with van der Waals surface area (Å²) in [5.74, 6) is 2.52. The molecule has 6 heteroatoms. The Kier molecular flexibility index (Phi) is 10.6. The summed E-state index contributed by atoms with van der Waals surface area (Å²) < 4.78 is 0. The zero-order valence-electron chi connectivity index (χ0n) is 16.9. The van der Waals surface area contributed by atoms with Crippen molar-refractivity contribution in [2.75, 3.05) is 46.8 Å². The fourth-order valence-electron chi connectivity index (χ4n) is 3.93. The van der Waals surface area contributed by atoms with Gasteiger partial charge in [-0.2, -0.15) is 0 Å². The zero-order valence-corrected chi connectivity index (χ0v) is 19.3. The molecule has 5 nitrogen and oxygen atoms in total. The second-order valence-corrected chi connectivity index (χ2v) is 8.20. The number of likely N-dealkylation sites (N-methyl/N-ethyl adjacent to an activating group) is 1. The summed E-state index contributed by atoms with van der Waals surface area (Å²) in [4.78, 5) is 9.53. The predicted octanol–water partition coefficient (Wildman–Crippen LogP) is 2.62. The van der Waals surface area contributed by atoms with Crippen molar-refractivity contribution in [3.05, 3.63) is 0 Å². The molecule has 0 aromatic heterocycles. The van der Waals surface area contributed by atoms with Crippen LogP contribution in [0.4, 0.5) is 0 Å². The highest BCUT2D eigenvalue weighted by Crippen LogP contribution is 2.23. The number of nitrogens with one attached hydrogen (secondary N) is 2. The minimum Gasteiger partial charge on any atom is -0.355 e. The highest BCUT2D eigenvalue weighted by molar-refractivity contribution is 14.0. The molecule has 0 amide bonds. The van der Waals surface area contributed by atoms with Gasteiger partial charge < -0.3 is 15.5 Å². The van der Waals surface area contributed by atoms with Gasteiger partial charge in [0.25, 0.3) is 0 Å². The Balaban J connectivity index is 0.00000312. The van der Waals surface area contributed by atoms with E-state index in [1.54, 1.807) is 0 Å². The van der Waals surface area contributed by atoms with Crippen molar-refractivity contribution in [3.8, 4) is 0 Å². The van der Waals surface area contributed by atoms with Crippen LogP contribution in [0.2, 0.25) is 0 Å². The molecule has 2 rings (SSSR count). The minimum absolute atomic E-state index is 0. The molecule has 148 valence electrons. The molecule has 1 saturated carbocycles. The first kappa shape index (κ1) is 23.0.